The van der Waals surface area contributed by atoms with Gasteiger partial charge in [0.25, 0.3) is 5.91 Å². The van der Waals surface area contributed by atoms with Crippen LogP contribution in [-0.4, -0.2) is 41.6 Å². The molecule has 0 spiro atoms. The number of carboxylic acids is 1. The maximum atomic E-state index is 11.8. The maximum Gasteiger partial charge on any atom is 0.339 e. The van der Waals surface area contributed by atoms with Crippen LogP contribution in [0.2, 0.25) is 5.02 Å². The number of benzene rings is 1. The quantitative estimate of drug-likeness (QED) is 0.898. The van der Waals surface area contributed by atoms with E-state index in [0.29, 0.717) is 11.1 Å². The Balaban J connectivity index is 2.03. The van der Waals surface area contributed by atoms with Gasteiger partial charge in [0.15, 0.2) is 6.61 Å². The molecule has 5 nitrogen and oxygen atoms in total. The van der Waals surface area contributed by atoms with Crippen molar-refractivity contribution in [3.8, 4) is 5.75 Å². The first kappa shape index (κ1) is 13.7. The largest absolute Gasteiger partial charge is 0.483 e. The summed E-state index contributed by atoms with van der Waals surface area (Å²) in [5.74, 6) is -1.17. The number of carboxylic acid groups (broad SMARTS) is 1. The third-order valence-electron chi connectivity index (χ3n) is 3.01. The van der Waals surface area contributed by atoms with Gasteiger partial charge in [-0.25, -0.2) is 4.79 Å². The van der Waals surface area contributed by atoms with Crippen LogP contribution in [0.4, 0.5) is 0 Å². The topological polar surface area (TPSA) is 66.8 Å². The van der Waals surface area contributed by atoms with Crippen LogP contribution in [0.15, 0.2) is 18.2 Å². The number of aromatic carboxylic acids is 1. The maximum absolute atomic E-state index is 11.8. The van der Waals surface area contributed by atoms with Crippen molar-refractivity contribution in [1.82, 2.24) is 4.90 Å². The molecule has 6 heteroatoms. The molecule has 0 bridgehead atoms. The fraction of sp³-hybridized carbons (Fsp3) is 0.385. The van der Waals surface area contributed by atoms with E-state index < -0.39 is 5.97 Å². The molecule has 0 atom stereocenters. The molecular weight excluding hydrogens is 270 g/mol. The average molecular weight is 284 g/mol. The van der Waals surface area contributed by atoms with Gasteiger partial charge in [-0.1, -0.05) is 11.6 Å². The molecule has 19 heavy (non-hydrogen) atoms. The van der Waals surface area contributed by atoms with Crippen LogP contribution in [0.5, 0.6) is 5.75 Å². The van der Waals surface area contributed by atoms with Crippen LogP contribution in [0.1, 0.15) is 23.2 Å². The molecule has 1 amide bonds. The number of carbonyl (C=O) groups excluding carboxylic acids is 1. The molecule has 0 unspecified atom stereocenters. The van der Waals surface area contributed by atoms with Gasteiger partial charge in [0.05, 0.1) is 0 Å². The van der Waals surface area contributed by atoms with Gasteiger partial charge in [-0.15, -0.1) is 0 Å². The average Bonchev–Trinajstić information content (AvgIpc) is 3.18. The molecule has 1 aliphatic rings. The van der Waals surface area contributed by atoms with E-state index in [1.165, 1.54) is 18.2 Å². The van der Waals surface area contributed by atoms with Crippen LogP contribution in [0, 0.1) is 0 Å². The Labute approximate surface area is 115 Å². The predicted octanol–water partition coefficient (Wildman–Crippen LogP) is 2.04. The number of amides is 1. The van der Waals surface area contributed by atoms with Gasteiger partial charge >= 0.3 is 5.97 Å². The zero-order valence-corrected chi connectivity index (χ0v) is 11.2. The van der Waals surface area contributed by atoms with E-state index in [1.54, 1.807) is 11.9 Å². The lowest BCUT2D eigenvalue weighted by molar-refractivity contribution is -0.132. The van der Waals surface area contributed by atoms with Gasteiger partial charge in [-0.05, 0) is 31.0 Å². The van der Waals surface area contributed by atoms with Crippen molar-refractivity contribution in [2.45, 2.75) is 18.9 Å². The molecule has 0 heterocycles. The highest BCUT2D eigenvalue weighted by Gasteiger charge is 2.29. The Morgan fingerprint density at radius 1 is 1.47 bits per heavy atom. The molecule has 2 rings (SSSR count). The number of likely N-dealkylation sites (N-methyl/N-ethyl adjacent to an activating group) is 1. The van der Waals surface area contributed by atoms with Crippen LogP contribution in [-0.2, 0) is 4.79 Å². The summed E-state index contributed by atoms with van der Waals surface area (Å²) in [5.41, 5.74) is -0.00808. The third kappa shape index (κ3) is 3.38. The van der Waals surface area contributed by atoms with Gasteiger partial charge in [0.2, 0.25) is 0 Å². The number of hydrogen-bond acceptors (Lipinski definition) is 3. The molecule has 102 valence electrons. The second-order valence-electron chi connectivity index (χ2n) is 4.47. The molecule has 1 aliphatic carbocycles. The first-order valence-electron chi connectivity index (χ1n) is 5.90. The van der Waals surface area contributed by atoms with Crippen molar-refractivity contribution in [1.29, 1.82) is 0 Å². The summed E-state index contributed by atoms with van der Waals surface area (Å²) in [5, 5.41) is 9.37. The monoisotopic (exact) mass is 283 g/mol. The Bertz CT molecular complexity index is 513. The molecule has 0 saturated heterocycles. The van der Waals surface area contributed by atoms with Gasteiger partial charge in [0.1, 0.15) is 11.3 Å². The van der Waals surface area contributed by atoms with E-state index >= 15 is 0 Å². The molecule has 1 aromatic rings. The van der Waals surface area contributed by atoms with Crippen LogP contribution in [0.25, 0.3) is 0 Å². The van der Waals surface area contributed by atoms with Crippen molar-refractivity contribution in [3.05, 3.63) is 28.8 Å². The summed E-state index contributed by atoms with van der Waals surface area (Å²) in [7, 11) is 1.72. The Kier molecular flexibility index (Phi) is 3.95. The van der Waals surface area contributed by atoms with E-state index in [-0.39, 0.29) is 23.8 Å². The minimum absolute atomic E-state index is 0.00808. The van der Waals surface area contributed by atoms with Gasteiger partial charge in [0, 0.05) is 18.1 Å². The Hall–Kier alpha value is -1.75. The van der Waals surface area contributed by atoms with E-state index in [2.05, 4.69) is 0 Å². The zero-order chi connectivity index (χ0) is 14.0. The molecule has 1 aromatic carbocycles. The van der Waals surface area contributed by atoms with E-state index in [9.17, 15) is 9.59 Å². The van der Waals surface area contributed by atoms with Crippen LogP contribution < -0.4 is 4.74 Å². The fourth-order valence-corrected chi connectivity index (χ4v) is 1.86. The lowest BCUT2D eigenvalue weighted by Crippen LogP contribution is -2.33. The minimum atomic E-state index is -1.12. The summed E-state index contributed by atoms with van der Waals surface area (Å²) in [4.78, 5) is 24.4. The highest BCUT2D eigenvalue weighted by molar-refractivity contribution is 6.30. The van der Waals surface area contributed by atoms with Crippen LogP contribution in [0.3, 0.4) is 0 Å². The van der Waals surface area contributed by atoms with Crippen molar-refractivity contribution in [2.24, 2.45) is 0 Å². The molecule has 0 aliphatic heterocycles. The standard InChI is InChI=1S/C13H14ClNO4/c1-15(9-3-4-9)12(16)7-19-11-6-8(14)2-5-10(11)13(17)18/h2,5-6,9H,3-4,7H2,1H3,(H,17,18). The first-order valence-corrected chi connectivity index (χ1v) is 6.28. The molecule has 0 radical (unpaired) electrons. The van der Waals surface area contributed by atoms with E-state index in [0.717, 1.165) is 12.8 Å². The van der Waals surface area contributed by atoms with Gasteiger partial charge in [-0.3, -0.25) is 4.79 Å². The fourth-order valence-electron chi connectivity index (χ4n) is 1.70. The number of hydrogen-bond donors (Lipinski definition) is 1. The van der Waals surface area contributed by atoms with Crippen LogP contribution >= 0.6 is 11.6 Å². The van der Waals surface area contributed by atoms with Crippen molar-refractivity contribution >= 4 is 23.5 Å². The smallest absolute Gasteiger partial charge is 0.339 e. The number of rotatable bonds is 5. The Morgan fingerprint density at radius 2 is 2.16 bits per heavy atom. The third-order valence-corrected chi connectivity index (χ3v) is 3.25. The summed E-state index contributed by atoms with van der Waals surface area (Å²) in [6.07, 6.45) is 2.03. The van der Waals surface area contributed by atoms with Crippen molar-refractivity contribution < 1.29 is 19.4 Å². The second kappa shape index (κ2) is 5.48. The molecule has 1 N–H and O–H groups in total. The molecule has 1 saturated carbocycles. The SMILES string of the molecule is CN(C(=O)COc1cc(Cl)ccc1C(=O)O)C1CC1. The summed E-state index contributed by atoms with van der Waals surface area (Å²) in [6.45, 7) is -0.187. The summed E-state index contributed by atoms with van der Waals surface area (Å²) < 4.78 is 5.28. The number of carbonyl (C=O) groups is 2. The van der Waals surface area contributed by atoms with Gasteiger partial charge < -0.3 is 14.7 Å². The highest BCUT2D eigenvalue weighted by atomic mass is 35.5. The van der Waals surface area contributed by atoms with E-state index in [4.69, 9.17) is 21.4 Å². The second-order valence-corrected chi connectivity index (χ2v) is 4.91. The molecule has 1 fully saturated rings. The number of nitrogens with zero attached hydrogens (tertiary/aromatic N) is 1. The zero-order valence-electron chi connectivity index (χ0n) is 10.4. The minimum Gasteiger partial charge on any atom is -0.483 e. The number of ether oxygens (including phenoxy) is 1. The first-order chi connectivity index (χ1) is 8.99. The number of halogens is 1. The highest BCUT2D eigenvalue weighted by Crippen LogP contribution is 2.26. The normalized spacial score (nSPS) is 14.0. The van der Waals surface area contributed by atoms with Crippen molar-refractivity contribution in [2.75, 3.05) is 13.7 Å². The lowest BCUT2D eigenvalue weighted by atomic mass is 10.2. The molecule has 0 aromatic heterocycles. The predicted molar refractivity (Wildman–Crippen MR) is 69.7 cm³/mol. The lowest BCUT2D eigenvalue weighted by Gasteiger charge is -2.17. The van der Waals surface area contributed by atoms with Crippen molar-refractivity contribution in [3.63, 3.8) is 0 Å². The van der Waals surface area contributed by atoms with E-state index in [1.807, 2.05) is 0 Å². The molecular formula is C13H14ClNO4. The summed E-state index contributed by atoms with van der Waals surface area (Å²) in [6, 6.07) is 4.52. The summed E-state index contributed by atoms with van der Waals surface area (Å²) >= 11 is 5.79. The van der Waals surface area contributed by atoms with Gasteiger partial charge in [-0.2, -0.15) is 0 Å². The Morgan fingerprint density at radius 3 is 2.74 bits per heavy atom.